The van der Waals surface area contributed by atoms with Crippen LogP contribution in [0.1, 0.15) is 25.8 Å². The summed E-state index contributed by atoms with van der Waals surface area (Å²) >= 11 is 0. The smallest absolute Gasteiger partial charge is 0.346 e. The summed E-state index contributed by atoms with van der Waals surface area (Å²) in [4.78, 5) is 23.9. The largest absolute Gasteiger partial charge is 0.507 e. The van der Waals surface area contributed by atoms with E-state index in [9.17, 15) is 14.7 Å². The molecule has 7 heteroatoms. The lowest BCUT2D eigenvalue weighted by Crippen LogP contribution is -2.42. The molecule has 1 fully saturated rings. The van der Waals surface area contributed by atoms with Crippen LogP contribution in [-0.4, -0.2) is 40.9 Å². The van der Waals surface area contributed by atoms with Gasteiger partial charge >= 0.3 is 6.03 Å². The van der Waals surface area contributed by atoms with Crippen molar-refractivity contribution in [2.75, 3.05) is 7.11 Å². The Morgan fingerprint density at radius 2 is 2.19 bits per heavy atom. The van der Waals surface area contributed by atoms with Gasteiger partial charge in [0.25, 0.3) is 5.91 Å². The molecule has 1 aromatic rings. The van der Waals surface area contributed by atoms with Crippen molar-refractivity contribution in [3.8, 4) is 11.5 Å². The van der Waals surface area contributed by atoms with Crippen LogP contribution < -0.4 is 10.1 Å². The van der Waals surface area contributed by atoms with Crippen LogP contribution in [0.15, 0.2) is 23.3 Å². The molecule has 1 heterocycles. The van der Waals surface area contributed by atoms with Crippen LogP contribution in [0.5, 0.6) is 11.5 Å². The number of carbonyl (C=O) groups is 2. The maximum Gasteiger partial charge on any atom is 0.346 e. The van der Waals surface area contributed by atoms with Crippen LogP contribution in [0.2, 0.25) is 0 Å². The highest BCUT2D eigenvalue weighted by atomic mass is 16.5. The number of ether oxygens (including phenoxy) is 1. The van der Waals surface area contributed by atoms with E-state index in [0.29, 0.717) is 17.7 Å². The van der Waals surface area contributed by atoms with Crippen molar-refractivity contribution < 1.29 is 19.4 Å². The quantitative estimate of drug-likeness (QED) is 0.649. The first-order valence-corrected chi connectivity index (χ1v) is 6.49. The summed E-state index contributed by atoms with van der Waals surface area (Å²) in [5, 5.41) is 17.0. The molecule has 0 bridgehead atoms. The second-order valence-electron chi connectivity index (χ2n) is 4.90. The minimum absolute atomic E-state index is 0.0233. The van der Waals surface area contributed by atoms with Gasteiger partial charge in [-0.05, 0) is 31.5 Å². The lowest BCUT2D eigenvalue weighted by molar-refractivity contribution is -0.130. The van der Waals surface area contributed by atoms with Gasteiger partial charge in [-0.2, -0.15) is 5.10 Å². The second kappa shape index (κ2) is 5.43. The number of carbonyl (C=O) groups excluding carboxylic acids is 2. The fraction of sp³-hybridized carbons (Fsp3) is 0.357. The maximum absolute atomic E-state index is 12.1. The van der Waals surface area contributed by atoms with Gasteiger partial charge in [0, 0.05) is 5.56 Å². The molecule has 0 spiro atoms. The van der Waals surface area contributed by atoms with Crippen molar-refractivity contribution in [2.24, 2.45) is 5.10 Å². The third kappa shape index (κ3) is 2.67. The van der Waals surface area contributed by atoms with E-state index in [4.69, 9.17) is 4.74 Å². The number of nitrogens with zero attached hydrogens (tertiary/aromatic N) is 2. The van der Waals surface area contributed by atoms with E-state index in [-0.39, 0.29) is 5.75 Å². The zero-order valence-electron chi connectivity index (χ0n) is 12.1. The fourth-order valence-corrected chi connectivity index (χ4v) is 1.90. The molecule has 2 N–H and O–H groups in total. The molecule has 1 atom stereocenters. The molecule has 7 nitrogen and oxygen atoms in total. The molecule has 0 aromatic heterocycles. The number of aromatic hydroxyl groups is 1. The number of benzene rings is 1. The fourth-order valence-electron chi connectivity index (χ4n) is 1.90. The summed E-state index contributed by atoms with van der Waals surface area (Å²) in [5.74, 6) is 0.0864. The first-order valence-electron chi connectivity index (χ1n) is 6.49. The Balaban J connectivity index is 2.26. The summed E-state index contributed by atoms with van der Waals surface area (Å²) in [7, 11) is 1.50. The van der Waals surface area contributed by atoms with Gasteiger partial charge < -0.3 is 15.2 Å². The van der Waals surface area contributed by atoms with E-state index in [0.717, 1.165) is 5.01 Å². The van der Waals surface area contributed by atoms with Gasteiger partial charge in [0.2, 0.25) is 0 Å². The number of phenols is 1. The minimum atomic E-state index is -0.940. The van der Waals surface area contributed by atoms with Crippen molar-refractivity contribution in [1.82, 2.24) is 10.3 Å². The van der Waals surface area contributed by atoms with Crippen LogP contribution in [0, 0.1) is 0 Å². The number of nitrogens with one attached hydrogen (secondary N) is 1. The molecule has 0 saturated carbocycles. The van der Waals surface area contributed by atoms with Crippen molar-refractivity contribution in [2.45, 2.75) is 25.8 Å². The number of imide groups is 1. The highest BCUT2D eigenvalue weighted by Gasteiger charge is 2.46. The van der Waals surface area contributed by atoms with Gasteiger partial charge in [-0.25, -0.2) is 4.79 Å². The highest BCUT2D eigenvalue weighted by Crippen LogP contribution is 2.23. The van der Waals surface area contributed by atoms with E-state index in [1.54, 1.807) is 26.0 Å². The standard InChI is InChI=1S/C14H17N3O4/c1-4-14(2)12(19)17(13(20)16-14)15-8-9-7-10(21-3)5-6-11(9)18/h5-8,18H,4H2,1-3H3,(H,16,20). The summed E-state index contributed by atoms with van der Waals surface area (Å²) in [5.41, 5.74) is -0.592. The van der Waals surface area contributed by atoms with E-state index < -0.39 is 17.5 Å². The lowest BCUT2D eigenvalue weighted by Gasteiger charge is -2.17. The van der Waals surface area contributed by atoms with Crippen LogP contribution >= 0.6 is 0 Å². The number of hydrazone groups is 1. The molecule has 1 aliphatic rings. The van der Waals surface area contributed by atoms with Crippen molar-refractivity contribution in [3.63, 3.8) is 0 Å². The lowest BCUT2D eigenvalue weighted by atomic mass is 10.00. The Morgan fingerprint density at radius 1 is 1.48 bits per heavy atom. The molecule has 112 valence electrons. The first kappa shape index (κ1) is 14.8. The summed E-state index contributed by atoms with van der Waals surface area (Å²) in [6.45, 7) is 3.45. The number of phenolic OH excluding ortho intramolecular Hbond substituents is 1. The molecule has 1 aromatic carbocycles. The number of hydrogen-bond acceptors (Lipinski definition) is 5. The Hall–Kier alpha value is -2.57. The SMILES string of the molecule is CCC1(C)NC(=O)N(N=Cc2cc(OC)ccc2O)C1=O. The number of methoxy groups -OCH3 is 1. The van der Waals surface area contributed by atoms with Gasteiger partial charge in [0.15, 0.2) is 0 Å². The van der Waals surface area contributed by atoms with Crippen molar-refractivity contribution >= 4 is 18.2 Å². The van der Waals surface area contributed by atoms with Gasteiger partial charge in [0.05, 0.1) is 13.3 Å². The predicted octanol–water partition coefficient (Wildman–Crippen LogP) is 1.46. The van der Waals surface area contributed by atoms with Gasteiger partial charge in [-0.15, -0.1) is 5.01 Å². The number of amides is 3. The van der Waals surface area contributed by atoms with Crippen molar-refractivity contribution in [1.29, 1.82) is 0 Å². The monoisotopic (exact) mass is 291 g/mol. The maximum atomic E-state index is 12.1. The molecule has 0 aliphatic carbocycles. The van der Waals surface area contributed by atoms with Crippen LogP contribution in [0.25, 0.3) is 0 Å². The Bertz CT molecular complexity index is 614. The molecule has 21 heavy (non-hydrogen) atoms. The summed E-state index contributed by atoms with van der Waals surface area (Å²) < 4.78 is 5.04. The number of rotatable bonds is 4. The molecule has 0 radical (unpaired) electrons. The Morgan fingerprint density at radius 3 is 2.76 bits per heavy atom. The average Bonchev–Trinajstić information content (AvgIpc) is 2.69. The molecule has 1 unspecified atom stereocenters. The molecule has 1 aliphatic heterocycles. The Labute approximate surface area is 122 Å². The third-order valence-corrected chi connectivity index (χ3v) is 3.49. The molecular weight excluding hydrogens is 274 g/mol. The number of hydrogen-bond donors (Lipinski definition) is 2. The number of urea groups is 1. The molecular formula is C14H17N3O4. The second-order valence-corrected chi connectivity index (χ2v) is 4.90. The highest BCUT2D eigenvalue weighted by molar-refractivity contribution is 6.07. The molecule has 2 rings (SSSR count). The van der Waals surface area contributed by atoms with Gasteiger partial charge in [-0.1, -0.05) is 6.92 Å². The minimum Gasteiger partial charge on any atom is -0.507 e. The zero-order valence-corrected chi connectivity index (χ0v) is 12.1. The van der Waals surface area contributed by atoms with E-state index in [2.05, 4.69) is 10.4 Å². The summed E-state index contributed by atoms with van der Waals surface area (Å²) in [6.07, 6.45) is 1.71. The van der Waals surface area contributed by atoms with Crippen LogP contribution in [0.4, 0.5) is 4.79 Å². The first-order chi connectivity index (χ1) is 9.91. The van der Waals surface area contributed by atoms with E-state index >= 15 is 0 Å². The van der Waals surface area contributed by atoms with Crippen molar-refractivity contribution in [3.05, 3.63) is 23.8 Å². The molecule has 3 amide bonds. The van der Waals surface area contributed by atoms with Crippen LogP contribution in [0.3, 0.4) is 0 Å². The predicted molar refractivity (Wildman–Crippen MR) is 76.3 cm³/mol. The zero-order chi connectivity index (χ0) is 15.6. The third-order valence-electron chi connectivity index (χ3n) is 3.49. The van der Waals surface area contributed by atoms with Crippen LogP contribution in [-0.2, 0) is 4.79 Å². The average molecular weight is 291 g/mol. The normalized spacial score (nSPS) is 22.0. The van der Waals surface area contributed by atoms with Gasteiger partial charge in [0.1, 0.15) is 17.0 Å². The Kier molecular flexibility index (Phi) is 3.84. The van der Waals surface area contributed by atoms with E-state index in [1.807, 2.05) is 0 Å². The molecule has 1 saturated heterocycles. The van der Waals surface area contributed by atoms with E-state index in [1.165, 1.54) is 19.4 Å². The van der Waals surface area contributed by atoms with Gasteiger partial charge in [-0.3, -0.25) is 4.79 Å². The topological polar surface area (TPSA) is 91.2 Å². The summed E-state index contributed by atoms with van der Waals surface area (Å²) in [6, 6.07) is 4.01.